The summed E-state index contributed by atoms with van der Waals surface area (Å²) >= 11 is 0. The van der Waals surface area contributed by atoms with Gasteiger partial charge in [-0.05, 0) is 42.2 Å². The second kappa shape index (κ2) is 4.83. The minimum Gasteiger partial charge on any atom is -0.323 e. The molecule has 2 fully saturated rings. The number of imide groups is 1. The van der Waals surface area contributed by atoms with Crippen LogP contribution in [0.5, 0.6) is 0 Å². The normalized spacial score (nSPS) is 25.5. The van der Waals surface area contributed by atoms with Crippen LogP contribution >= 0.6 is 0 Å². The third kappa shape index (κ3) is 2.51. The molecule has 1 heterocycles. The highest BCUT2D eigenvalue weighted by molar-refractivity contribution is 6.07. The smallest absolute Gasteiger partial charge is 0.323 e. The zero-order valence-electron chi connectivity index (χ0n) is 13.8. The molecule has 3 amide bonds. The SMILES string of the molecule is CC(C)(C)c1ccc(CN2C(=O)NC(C)(C3CC3)C2=O)cc1. The Morgan fingerprint density at radius 2 is 1.77 bits per heavy atom. The zero-order valence-corrected chi connectivity index (χ0v) is 13.8. The van der Waals surface area contributed by atoms with Crippen molar-refractivity contribution in [2.45, 2.75) is 58.0 Å². The monoisotopic (exact) mass is 300 g/mol. The summed E-state index contributed by atoms with van der Waals surface area (Å²) in [6, 6.07) is 7.91. The molecule has 1 unspecified atom stereocenters. The number of carbonyl (C=O) groups excluding carboxylic acids is 2. The maximum atomic E-state index is 12.6. The van der Waals surface area contributed by atoms with Crippen molar-refractivity contribution in [3.05, 3.63) is 35.4 Å². The van der Waals surface area contributed by atoms with Crippen molar-refractivity contribution in [2.75, 3.05) is 0 Å². The maximum Gasteiger partial charge on any atom is 0.325 e. The zero-order chi connectivity index (χ0) is 16.1. The van der Waals surface area contributed by atoms with Crippen LogP contribution in [0.25, 0.3) is 0 Å². The second-order valence-corrected chi connectivity index (χ2v) is 7.74. The first-order valence-corrected chi connectivity index (χ1v) is 7.95. The molecule has 1 saturated heterocycles. The first kappa shape index (κ1) is 15.1. The Bertz CT molecular complexity index is 611. The lowest BCUT2D eigenvalue weighted by Gasteiger charge is -2.21. The van der Waals surface area contributed by atoms with Crippen molar-refractivity contribution in [1.29, 1.82) is 0 Å². The number of nitrogens with one attached hydrogen (secondary N) is 1. The highest BCUT2D eigenvalue weighted by Crippen LogP contribution is 2.42. The van der Waals surface area contributed by atoms with Crippen molar-refractivity contribution in [3.8, 4) is 0 Å². The van der Waals surface area contributed by atoms with Gasteiger partial charge in [0.25, 0.3) is 5.91 Å². The molecule has 4 heteroatoms. The number of nitrogens with zero attached hydrogens (tertiary/aromatic N) is 1. The molecule has 0 spiro atoms. The van der Waals surface area contributed by atoms with E-state index >= 15 is 0 Å². The van der Waals surface area contributed by atoms with Gasteiger partial charge in [-0.25, -0.2) is 4.79 Å². The predicted molar refractivity (Wildman–Crippen MR) is 85.4 cm³/mol. The van der Waals surface area contributed by atoms with Crippen LogP contribution in [0.2, 0.25) is 0 Å². The standard InChI is InChI=1S/C18H24N2O2/c1-17(2,3)13-7-5-12(6-8-13)11-20-15(21)18(4,14-9-10-14)19-16(20)22/h5-8,14H,9-11H2,1-4H3,(H,19,22). The van der Waals surface area contributed by atoms with E-state index in [2.05, 4.69) is 38.2 Å². The van der Waals surface area contributed by atoms with Gasteiger partial charge in [-0.15, -0.1) is 0 Å². The van der Waals surface area contributed by atoms with E-state index in [9.17, 15) is 9.59 Å². The molecular weight excluding hydrogens is 276 g/mol. The molecule has 1 N–H and O–H groups in total. The first-order chi connectivity index (χ1) is 10.2. The fraction of sp³-hybridized carbons (Fsp3) is 0.556. The molecular formula is C18H24N2O2. The molecule has 2 aliphatic rings. The predicted octanol–water partition coefficient (Wildman–Crippen LogP) is 3.20. The summed E-state index contributed by atoms with van der Waals surface area (Å²) in [6.07, 6.45) is 2.05. The van der Waals surface area contributed by atoms with Crippen molar-refractivity contribution >= 4 is 11.9 Å². The van der Waals surface area contributed by atoms with E-state index in [1.54, 1.807) is 0 Å². The molecule has 1 aliphatic carbocycles. The highest BCUT2D eigenvalue weighted by Gasteiger charge is 2.55. The molecule has 118 valence electrons. The second-order valence-electron chi connectivity index (χ2n) is 7.74. The van der Waals surface area contributed by atoms with Crippen molar-refractivity contribution in [1.82, 2.24) is 10.2 Å². The summed E-state index contributed by atoms with van der Waals surface area (Å²) in [6.45, 7) is 8.70. The Hall–Kier alpha value is -1.84. The van der Waals surface area contributed by atoms with Crippen molar-refractivity contribution in [3.63, 3.8) is 0 Å². The van der Waals surface area contributed by atoms with Gasteiger partial charge >= 0.3 is 6.03 Å². The van der Waals surface area contributed by atoms with Crippen LogP contribution in [-0.4, -0.2) is 22.4 Å². The first-order valence-electron chi connectivity index (χ1n) is 7.95. The molecule has 1 aromatic rings. The third-order valence-electron chi connectivity index (χ3n) is 4.86. The van der Waals surface area contributed by atoms with Gasteiger partial charge in [0.15, 0.2) is 0 Å². The fourth-order valence-electron chi connectivity index (χ4n) is 3.09. The Kier molecular flexibility index (Phi) is 3.31. The van der Waals surface area contributed by atoms with Gasteiger partial charge in [0, 0.05) is 0 Å². The Balaban J connectivity index is 1.76. The molecule has 1 aromatic carbocycles. The van der Waals surface area contributed by atoms with Crippen LogP contribution in [0.1, 0.15) is 51.7 Å². The van der Waals surface area contributed by atoms with Gasteiger partial charge in [0.2, 0.25) is 0 Å². The van der Waals surface area contributed by atoms with E-state index in [1.807, 2.05) is 19.1 Å². The Labute approximate surface area is 131 Å². The summed E-state index contributed by atoms with van der Waals surface area (Å²) in [5, 5.41) is 2.89. The summed E-state index contributed by atoms with van der Waals surface area (Å²) in [4.78, 5) is 26.1. The van der Waals surface area contributed by atoms with E-state index in [0.29, 0.717) is 12.5 Å². The van der Waals surface area contributed by atoms with Crippen LogP contribution in [0.3, 0.4) is 0 Å². The third-order valence-corrected chi connectivity index (χ3v) is 4.86. The molecule has 0 radical (unpaired) electrons. The average Bonchev–Trinajstić information content (AvgIpc) is 3.25. The van der Waals surface area contributed by atoms with Gasteiger partial charge < -0.3 is 5.32 Å². The fourth-order valence-corrected chi connectivity index (χ4v) is 3.09. The lowest BCUT2D eigenvalue weighted by Crippen LogP contribution is -2.46. The van der Waals surface area contributed by atoms with Gasteiger partial charge in [-0.2, -0.15) is 0 Å². The molecule has 1 saturated carbocycles. The molecule has 1 atom stereocenters. The molecule has 0 aromatic heterocycles. The van der Waals surface area contributed by atoms with E-state index < -0.39 is 5.54 Å². The summed E-state index contributed by atoms with van der Waals surface area (Å²) < 4.78 is 0. The molecule has 4 nitrogen and oxygen atoms in total. The Morgan fingerprint density at radius 1 is 1.18 bits per heavy atom. The topological polar surface area (TPSA) is 49.4 Å². The van der Waals surface area contributed by atoms with E-state index in [4.69, 9.17) is 0 Å². The van der Waals surface area contributed by atoms with Gasteiger partial charge in [0.05, 0.1) is 6.54 Å². The number of carbonyl (C=O) groups is 2. The number of rotatable bonds is 3. The van der Waals surface area contributed by atoms with Gasteiger partial charge in [-0.1, -0.05) is 45.0 Å². The Morgan fingerprint density at radius 3 is 2.27 bits per heavy atom. The van der Waals surface area contributed by atoms with E-state index in [-0.39, 0.29) is 17.4 Å². The van der Waals surface area contributed by atoms with Crippen LogP contribution in [-0.2, 0) is 16.8 Å². The highest BCUT2D eigenvalue weighted by atomic mass is 16.2. The lowest BCUT2D eigenvalue weighted by molar-refractivity contribution is -0.131. The molecule has 22 heavy (non-hydrogen) atoms. The summed E-state index contributed by atoms with van der Waals surface area (Å²) in [7, 11) is 0. The van der Waals surface area contributed by atoms with E-state index in [0.717, 1.165) is 18.4 Å². The van der Waals surface area contributed by atoms with Crippen LogP contribution < -0.4 is 5.32 Å². The number of amides is 3. The number of urea groups is 1. The number of benzene rings is 1. The number of hydrogen-bond acceptors (Lipinski definition) is 2. The minimum absolute atomic E-state index is 0.0834. The van der Waals surface area contributed by atoms with Gasteiger partial charge in [0.1, 0.15) is 5.54 Å². The van der Waals surface area contributed by atoms with Crippen LogP contribution in [0.15, 0.2) is 24.3 Å². The summed E-state index contributed by atoms with van der Waals surface area (Å²) in [5.74, 6) is 0.220. The largest absolute Gasteiger partial charge is 0.325 e. The minimum atomic E-state index is -0.692. The quantitative estimate of drug-likeness (QED) is 0.871. The van der Waals surface area contributed by atoms with Crippen LogP contribution in [0, 0.1) is 5.92 Å². The molecule has 3 rings (SSSR count). The summed E-state index contributed by atoms with van der Waals surface area (Å²) in [5.41, 5.74) is 1.64. The molecule has 0 bridgehead atoms. The molecule has 1 aliphatic heterocycles. The van der Waals surface area contributed by atoms with Crippen LogP contribution in [0.4, 0.5) is 4.79 Å². The van der Waals surface area contributed by atoms with Crippen molar-refractivity contribution in [2.24, 2.45) is 5.92 Å². The van der Waals surface area contributed by atoms with Crippen molar-refractivity contribution < 1.29 is 9.59 Å². The van der Waals surface area contributed by atoms with E-state index in [1.165, 1.54) is 10.5 Å². The lowest BCUT2D eigenvalue weighted by atomic mass is 9.87. The maximum absolute atomic E-state index is 12.6. The number of hydrogen-bond donors (Lipinski definition) is 1. The van der Waals surface area contributed by atoms with Gasteiger partial charge in [-0.3, -0.25) is 9.69 Å². The average molecular weight is 300 g/mol.